The van der Waals surface area contributed by atoms with Crippen molar-refractivity contribution >= 4 is 29.9 Å². The van der Waals surface area contributed by atoms with Gasteiger partial charge in [-0.25, -0.2) is 0 Å². The number of aliphatic imine (C=N–C) groups is 1. The Morgan fingerprint density at radius 3 is 2.57 bits per heavy atom. The summed E-state index contributed by atoms with van der Waals surface area (Å²) in [7, 11) is 1.84. The summed E-state index contributed by atoms with van der Waals surface area (Å²) < 4.78 is 1.95. The van der Waals surface area contributed by atoms with E-state index in [1.54, 1.807) is 0 Å². The van der Waals surface area contributed by atoms with Crippen molar-refractivity contribution in [3.63, 3.8) is 0 Å². The minimum absolute atomic E-state index is 0. The Bertz CT molecular complexity index is 743. The van der Waals surface area contributed by atoms with E-state index in [0.29, 0.717) is 18.0 Å². The number of guanidine groups is 1. The van der Waals surface area contributed by atoms with Gasteiger partial charge in [0.05, 0.1) is 6.54 Å². The van der Waals surface area contributed by atoms with Gasteiger partial charge in [-0.1, -0.05) is 31.2 Å². The van der Waals surface area contributed by atoms with Crippen molar-refractivity contribution in [2.24, 2.45) is 10.9 Å². The molecule has 0 aliphatic carbocycles. The van der Waals surface area contributed by atoms with Gasteiger partial charge in [0.25, 0.3) is 0 Å². The van der Waals surface area contributed by atoms with Crippen molar-refractivity contribution in [1.29, 1.82) is 0 Å². The highest BCUT2D eigenvalue weighted by atomic mass is 127. The van der Waals surface area contributed by atoms with E-state index >= 15 is 0 Å². The van der Waals surface area contributed by atoms with Crippen molar-refractivity contribution in [3.8, 4) is 0 Å². The second-order valence-electron chi connectivity index (χ2n) is 7.67. The predicted molar refractivity (Wildman–Crippen MR) is 126 cm³/mol. The van der Waals surface area contributed by atoms with E-state index in [0.717, 1.165) is 32.1 Å². The van der Waals surface area contributed by atoms with Crippen molar-refractivity contribution in [2.75, 3.05) is 20.1 Å². The van der Waals surface area contributed by atoms with Crippen LogP contribution < -0.4 is 10.6 Å². The lowest BCUT2D eigenvalue weighted by Gasteiger charge is -2.22. The van der Waals surface area contributed by atoms with Gasteiger partial charge in [-0.2, -0.15) is 5.10 Å². The zero-order valence-electron chi connectivity index (χ0n) is 17.3. The molecule has 1 aliphatic heterocycles. The Kier molecular flexibility index (Phi) is 8.75. The van der Waals surface area contributed by atoms with E-state index in [9.17, 15) is 0 Å². The Balaban J connectivity index is 0.00000280. The fourth-order valence-corrected chi connectivity index (χ4v) is 3.62. The minimum atomic E-state index is 0. The molecule has 2 N–H and O–H groups in total. The molecule has 6 nitrogen and oxygen atoms in total. The molecule has 0 saturated carbocycles. The van der Waals surface area contributed by atoms with Crippen molar-refractivity contribution in [1.82, 2.24) is 25.3 Å². The van der Waals surface area contributed by atoms with E-state index < -0.39 is 0 Å². The summed E-state index contributed by atoms with van der Waals surface area (Å²) in [5, 5.41) is 11.4. The summed E-state index contributed by atoms with van der Waals surface area (Å²) in [6.07, 6.45) is 3.81. The van der Waals surface area contributed by atoms with E-state index in [1.165, 1.54) is 11.1 Å². The minimum Gasteiger partial charge on any atom is -0.352 e. The molecule has 1 fully saturated rings. The van der Waals surface area contributed by atoms with Gasteiger partial charge in [0.2, 0.25) is 0 Å². The highest BCUT2D eigenvalue weighted by molar-refractivity contribution is 14.0. The maximum atomic E-state index is 4.43. The van der Waals surface area contributed by atoms with Crippen LogP contribution >= 0.6 is 24.0 Å². The van der Waals surface area contributed by atoms with Crippen LogP contribution in [0.1, 0.15) is 31.9 Å². The second kappa shape index (κ2) is 10.8. The topological polar surface area (TPSA) is 57.5 Å². The molecule has 2 unspecified atom stereocenters. The second-order valence-corrected chi connectivity index (χ2v) is 7.67. The Hall–Kier alpha value is -1.61. The monoisotopic (exact) mass is 496 g/mol. The fourth-order valence-electron chi connectivity index (χ4n) is 3.62. The van der Waals surface area contributed by atoms with Gasteiger partial charge in [-0.3, -0.25) is 14.6 Å². The van der Waals surface area contributed by atoms with E-state index in [4.69, 9.17) is 0 Å². The van der Waals surface area contributed by atoms with Crippen LogP contribution in [-0.4, -0.2) is 52.9 Å². The normalized spacial score (nSPS) is 20.2. The molecule has 7 heteroatoms. The molecular weight excluding hydrogens is 463 g/mol. The summed E-state index contributed by atoms with van der Waals surface area (Å²) >= 11 is 0. The summed E-state index contributed by atoms with van der Waals surface area (Å²) in [6.45, 7) is 10.6. The molecule has 2 heterocycles. The highest BCUT2D eigenvalue weighted by Crippen LogP contribution is 2.18. The molecule has 0 amide bonds. The molecule has 0 radical (unpaired) electrons. The molecule has 3 rings (SSSR count). The molecule has 1 aromatic heterocycles. The molecule has 1 aromatic carbocycles. The van der Waals surface area contributed by atoms with Crippen molar-refractivity contribution in [2.45, 2.75) is 45.9 Å². The summed E-state index contributed by atoms with van der Waals surface area (Å²) in [5.74, 6) is 1.48. The zero-order chi connectivity index (χ0) is 19.2. The molecule has 1 saturated heterocycles. The lowest BCUT2D eigenvalue weighted by Crippen LogP contribution is -2.46. The first-order chi connectivity index (χ1) is 13.1. The number of aromatic nitrogens is 2. The van der Waals surface area contributed by atoms with Crippen LogP contribution in [0.25, 0.3) is 0 Å². The summed E-state index contributed by atoms with van der Waals surface area (Å²) in [4.78, 5) is 6.96. The third-order valence-corrected chi connectivity index (χ3v) is 5.37. The van der Waals surface area contributed by atoms with Crippen LogP contribution in [0.4, 0.5) is 0 Å². The number of rotatable bonds is 6. The van der Waals surface area contributed by atoms with Gasteiger partial charge in [0.15, 0.2) is 5.96 Å². The van der Waals surface area contributed by atoms with Crippen LogP contribution in [0.3, 0.4) is 0 Å². The first-order valence-corrected chi connectivity index (χ1v) is 9.82. The number of benzene rings is 1. The highest BCUT2D eigenvalue weighted by Gasteiger charge is 2.31. The molecular formula is C21H33IN6. The Morgan fingerprint density at radius 1 is 1.21 bits per heavy atom. The number of nitrogens with zero attached hydrogens (tertiary/aromatic N) is 4. The Labute approximate surface area is 185 Å². The standard InChI is InChI=1S/C21H32N6.HI/c1-16(2)26-13-17(3)20(15-26)25-21(22-4)23-12-18-8-5-6-9-19(18)14-27-11-7-10-24-27;/h5-11,16-17,20H,12-15H2,1-4H3,(H2,22,23,25);1H. The summed E-state index contributed by atoms with van der Waals surface area (Å²) in [5.41, 5.74) is 2.53. The average Bonchev–Trinajstić information content (AvgIpc) is 3.29. The molecule has 154 valence electrons. The van der Waals surface area contributed by atoms with Gasteiger partial charge in [0, 0.05) is 51.2 Å². The van der Waals surface area contributed by atoms with E-state index in [2.05, 4.69) is 70.7 Å². The van der Waals surface area contributed by atoms with Gasteiger partial charge >= 0.3 is 0 Å². The maximum Gasteiger partial charge on any atom is 0.191 e. The van der Waals surface area contributed by atoms with E-state index in [-0.39, 0.29) is 24.0 Å². The molecule has 28 heavy (non-hydrogen) atoms. The smallest absolute Gasteiger partial charge is 0.191 e. The zero-order valence-corrected chi connectivity index (χ0v) is 19.6. The lowest BCUT2D eigenvalue weighted by atomic mass is 10.1. The lowest BCUT2D eigenvalue weighted by molar-refractivity contribution is 0.265. The first kappa shape index (κ1) is 22.7. The fraction of sp³-hybridized carbons (Fsp3) is 0.524. The van der Waals surface area contributed by atoms with Gasteiger partial charge in [-0.05, 0) is 37.0 Å². The van der Waals surface area contributed by atoms with Crippen LogP contribution in [0.2, 0.25) is 0 Å². The van der Waals surface area contributed by atoms with E-state index in [1.807, 2.05) is 30.2 Å². The quantitative estimate of drug-likeness (QED) is 0.367. The number of hydrogen-bond acceptors (Lipinski definition) is 3. The summed E-state index contributed by atoms with van der Waals surface area (Å²) in [6, 6.07) is 11.5. The number of hydrogen-bond donors (Lipinski definition) is 2. The van der Waals surface area contributed by atoms with Gasteiger partial charge < -0.3 is 10.6 Å². The SMILES string of the molecule is CN=C(NCc1ccccc1Cn1cccn1)NC1CN(C(C)C)CC1C.I. The van der Waals surface area contributed by atoms with Crippen LogP contribution in [-0.2, 0) is 13.1 Å². The molecule has 2 aromatic rings. The molecule has 0 bridgehead atoms. The molecule has 0 spiro atoms. The third-order valence-electron chi connectivity index (χ3n) is 5.37. The van der Waals surface area contributed by atoms with Crippen molar-refractivity contribution in [3.05, 3.63) is 53.9 Å². The van der Waals surface area contributed by atoms with Crippen LogP contribution in [0, 0.1) is 5.92 Å². The largest absolute Gasteiger partial charge is 0.352 e. The number of likely N-dealkylation sites (tertiary alicyclic amines) is 1. The first-order valence-electron chi connectivity index (χ1n) is 9.82. The third kappa shape index (κ3) is 5.94. The average molecular weight is 496 g/mol. The molecule has 2 atom stereocenters. The predicted octanol–water partition coefficient (Wildman–Crippen LogP) is 2.94. The number of halogens is 1. The van der Waals surface area contributed by atoms with Gasteiger partial charge in [0.1, 0.15) is 0 Å². The maximum absolute atomic E-state index is 4.43. The Morgan fingerprint density at radius 2 is 1.96 bits per heavy atom. The van der Waals surface area contributed by atoms with Gasteiger partial charge in [-0.15, -0.1) is 24.0 Å². The van der Waals surface area contributed by atoms with Crippen molar-refractivity contribution < 1.29 is 0 Å². The number of nitrogens with one attached hydrogen (secondary N) is 2. The molecule has 1 aliphatic rings. The van der Waals surface area contributed by atoms with Crippen LogP contribution in [0.15, 0.2) is 47.7 Å². The van der Waals surface area contributed by atoms with Crippen LogP contribution in [0.5, 0.6) is 0 Å².